The predicted octanol–water partition coefficient (Wildman–Crippen LogP) is 1.88. The molecule has 4 N–H and O–H groups in total. The molecule has 0 fully saturated rings. The van der Waals surface area contributed by atoms with E-state index in [2.05, 4.69) is 17.2 Å². The second-order valence-corrected chi connectivity index (χ2v) is 5.87. The van der Waals surface area contributed by atoms with E-state index in [9.17, 15) is 19.1 Å². The average Bonchev–Trinajstić information content (AvgIpc) is 2.70. The zero-order chi connectivity index (χ0) is 20.5. The second kappa shape index (κ2) is 10.0. The van der Waals surface area contributed by atoms with Gasteiger partial charge in [-0.25, -0.2) is 9.87 Å². The topological polar surface area (TPSA) is 98.7 Å². The van der Waals surface area contributed by atoms with Gasteiger partial charge in [-0.1, -0.05) is 36.1 Å². The fraction of sp³-hybridized carbons (Fsp3) is 0.143. The number of aliphatic hydroxyl groups excluding tert-OH is 1. The van der Waals surface area contributed by atoms with Crippen LogP contribution in [0.15, 0.2) is 54.6 Å². The lowest BCUT2D eigenvalue weighted by molar-refractivity contribution is -0.133. The summed E-state index contributed by atoms with van der Waals surface area (Å²) in [5, 5.41) is 20.5. The molecular formula is C21H19FN2O4. The molecule has 0 heterocycles. The molecule has 7 heteroatoms. The van der Waals surface area contributed by atoms with Crippen LogP contribution in [0.2, 0.25) is 0 Å². The summed E-state index contributed by atoms with van der Waals surface area (Å²) in [6.45, 7) is 1.32. The smallest absolute Gasteiger partial charge is 0.268 e. The molecule has 0 aliphatic rings. The van der Waals surface area contributed by atoms with E-state index in [0.29, 0.717) is 5.56 Å². The molecule has 0 unspecified atom stereocenters. The molecule has 0 saturated carbocycles. The molecule has 2 rings (SSSR count). The Balaban J connectivity index is 2.02. The Hall–Kier alpha value is -3.47. The minimum atomic E-state index is -1.29. The molecule has 0 aliphatic heterocycles. The summed E-state index contributed by atoms with van der Waals surface area (Å²) >= 11 is 0. The van der Waals surface area contributed by atoms with E-state index in [1.54, 1.807) is 42.5 Å². The lowest BCUT2D eigenvalue weighted by Gasteiger charge is -2.19. The number of hydrogen-bond donors (Lipinski definition) is 4. The third-order valence-electron chi connectivity index (χ3n) is 3.77. The SMILES string of the molecule is C[C@@H](O)[C@H](NC(=O)c1ccc(/C=C/C#Cc2ccccc2F)cc1)C(=O)NO. The summed E-state index contributed by atoms with van der Waals surface area (Å²) in [5.74, 6) is 3.56. The van der Waals surface area contributed by atoms with Crippen LogP contribution in [0.1, 0.15) is 28.4 Å². The van der Waals surface area contributed by atoms with Gasteiger partial charge in [-0.15, -0.1) is 0 Å². The second-order valence-electron chi connectivity index (χ2n) is 5.87. The molecule has 6 nitrogen and oxygen atoms in total. The molecule has 0 saturated heterocycles. The normalized spacial score (nSPS) is 12.6. The van der Waals surface area contributed by atoms with Crippen molar-refractivity contribution in [1.82, 2.24) is 10.8 Å². The molecule has 0 aliphatic carbocycles. The Morgan fingerprint density at radius 1 is 1.14 bits per heavy atom. The lowest BCUT2D eigenvalue weighted by atomic mass is 10.1. The highest BCUT2D eigenvalue weighted by molar-refractivity contribution is 5.97. The van der Waals surface area contributed by atoms with Crippen LogP contribution in [-0.2, 0) is 4.79 Å². The number of benzene rings is 2. The fourth-order valence-electron chi connectivity index (χ4n) is 2.26. The first-order chi connectivity index (χ1) is 13.4. The van der Waals surface area contributed by atoms with Gasteiger partial charge in [0.25, 0.3) is 11.8 Å². The molecule has 28 heavy (non-hydrogen) atoms. The van der Waals surface area contributed by atoms with Crippen LogP contribution in [0.4, 0.5) is 4.39 Å². The van der Waals surface area contributed by atoms with Crippen molar-refractivity contribution in [3.05, 3.63) is 77.1 Å². The lowest BCUT2D eigenvalue weighted by Crippen LogP contribution is -2.51. The summed E-state index contributed by atoms with van der Waals surface area (Å²) in [6, 6.07) is 11.3. The van der Waals surface area contributed by atoms with Crippen LogP contribution < -0.4 is 10.8 Å². The number of hydrogen-bond acceptors (Lipinski definition) is 4. The van der Waals surface area contributed by atoms with Crippen LogP contribution in [0.25, 0.3) is 6.08 Å². The number of hydroxylamine groups is 1. The maximum absolute atomic E-state index is 13.5. The standard InChI is InChI=1S/C21H19FN2O4/c1-14(25)19(21(27)24-28)23-20(26)17-12-10-15(11-13-17)6-2-3-7-16-8-4-5-9-18(16)22/h2,4-6,8-14,19,25,28H,1H3,(H,23,26)(H,24,27)/b6-2+/t14-,19+/m1/s1. The van der Waals surface area contributed by atoms with Crippen molar-refractivity contribution in [2.75, 3.05) is 0 Å². The van der Waals surface area contributed by atoms with Crippen molar-refractivity contribution in [1.29, 1.82) is 0 Å². The number of aliphatic hydroxyl groups is 1. The van der Waals surface area contributed by atoms with Gasteiger partial charge in [0.15, 0.2) is 0 Å². The number of nitrogens with one attached hydrogen (secondary N) is 2. The zero-order valence-electron chi connectivity index (χ0n) is 15.0. The third-order valence-corrected chi connectivity index (χ3v) is 3.77. The highest BCUT2D eigenvalue weighted by Crippen LogP contribution is 2.08. The van der Waals surface area contributed by atoms with Gasteiger partial charge < -0.3 is 10.4 Å². The van der Waals surface area contributed by atoms with E-state index in [4.69, 9.17) is 5.21 Å². The summed E-state index contributed by atoms with van der Waals surface area (Å²) in [4.78, 5) is 23.6. The molecule has 144 valence electrons. The van der Waals surface area contributed by atoms with Crippen molar-refractivity contribution < 1.29 is 24.3 Å². The van der Waals surface area contributed by atoms with E-state index in [1.165, 1.54) is 30.6 Å². The van der Waals surface area contributed by atoms with Crippen molar-refractivity contribution in [2.24, 2.45) is 0 Å². The molecule has 0 spiro atoms. The van der Waals surface area contributed by atoms with E-state index in [-0.39, 0.29) is 11.4 Å². The summed E-state index contributed by atoms with van der Waals surface area (Å²) in [7, 11) is 0. The highest BCUT2D eigenvalue weighted by atomic mass is 19.1. The fourth-order valence-corrected chi connectivity index (χ4v) is 2.26. The maximum atomic E-state index is 13.5. The Morgan fingerprint density at radius 3 is 2.43 bits per heavy atom. The molecule has 2 aromatic carbocycles. The minimum Gasteiger partial charge on any atom is -0.391 e. The van der Waals surface area contributed by atoms with Gasteiger partial charge in [0.05, 0.1) is 11.7 Å². The van der Waals surface area contributed by atoms with Gasteiger partial charge in [0, 0.05) is 5.56 Å². The summed E-state index contributed by atoms with van der Waals surface area (Å²) in [5.41, 5.74) is 2.73. The van der Waals surface area contributed by atoms with Crippen LogP contribution in [0.5, 0.6) is 0 Å². The Labute approximate surface area is 161 Å². The summed E-state index contributed by atoms with van der Waals surface area (Å²) < 4.78 is 13.5. The van der Waals surface area contributed by atoms with Crippen molar-refractivity contribution >= 4 is 17.9 Å². The predicted molar refractivity (Wildman–Crippen MR) is 102 cm³/mol. The van der Waals surface area contributed by atoms with E-state index >= 15 is 0 Å². The van der Waals surface area contributed by atoms with Crippen molar-refractivity contribution in [3.63, 3.8) is 0 Å². The number of rotatable bonds is 5. The van der Waals surface area contributed by atoms with Gasteiger partial charge in [-0.05, 0) is 48.9 Å². The quantitative estimate of drug-likeness (QED) is 0.360. The molecule has 2 amide bonds. The third kappa shape index (κ3) is 5.77. The number of carbonyl (C=O) groups is 2. The number of carbonyl (C=O) groups excluding carboxylic acids is 2. The van der Waals surface area contributed by atoms with E-state index in [1.807, 2.05) is 0 Å². The highest BCUT2D eigenvalue weighted by Gasteiger charge is 2.25. The molecular weight excluding hydrogens is 363 g/mol. The van der Waals surface area contributed by atoms with E-state index in [0.717, 1.165) is 5.56 Å². The van der Waals surface area contributed by atoms with Gasteiger partial charge in [0.2, 0.25) is 0 Å². The zero-order valence-corrected chi connectivity index (χ0v) is 15.0. The maximum Gasteiger partial charge on any atom is 0.268 e. The first kappa shape index (κ1) is 20.8. The average molecular weight is 382 g/mol. The molecule has 0 aromatic heterocycles. The van der Waals surface area contributed by atoms with Crippen molar-refractivity contribution in [3.8, 4) is 11.8 Å². The minimum absolute atomic E-state index is 0.269. The van der Waals surface area contributed by atoms with E-state index < -0.39 is 24.0 Å². The molecule has 0 bridgehead atoms. The Kier molecular flexibility index (Phi) is 7.45. The largest absolute Gasteiger partial charge is 0.391 e. The Morgan fingerprint density at radius 2 is 1.82 bits per heavy atom. The monoisotopic (exact) mass is 382 g/mol. The first-order valence-electron chi connectivity index (χ1n) is 8.38. The van der Waals surface area contributed by atoms with Gasteiger partial charge in [-0.2, -0.15) is 0 Å². The van der Waals surface area contributed by atoms with Crippen LogP contribution in [-0.4, -0.2) is 34.3 Å². The molecule has 2 aromatic rings. The van der Waals surface area contributed by atoms with Gasteiger partial charge in [0.1, 0.15) is 11.9 Å². The number of amides is 2. The van der Waals surface area contributed by atoms with Gasteiger partial charge >= 0.3 is 0 Å². The Bertz CT molecular complexity index is 927. The molecule has 2 atom stereocenters. The van der Waals surface area contributed by atoms with Gasteiger partial charge in [-0.3, -0.25) is 14.8 Å². The number of halogens is 1. The van der Waals surface area contributed by atoms with Crippen LogP contribution >= 0.6 is 0 Å². The van der Waals surface area contributed by atoms with Crippen LogP contribution in [0.3, 0.4) is 0 Å². The number of allylic oxidation sites excluding steroid dienone is 1. The summed E-state index contributed by atoms with van der Waals surface area (Å²) in [6.07, 6.45) is 2.08. The molecule has 0 radical (unpaired) electrons. The first-order valence-corrected chi connectivity index (χ1v) is 8.38. The van der Waals surface area contributed by atoms with Crippen molar-refractivity contribution in [2.45, 2.75) is 19.1 Å². The van der Waals surface area contributed by atoms with Crippen LogP contribution in [0, 0.1) is 17.7 Å².